The van der Waals surface area contributed by atoms with Crippen LogP contribution in [0.4, 0.5) is 5.82 Å². The number of aromatic nitrogens is 3. The molecule has 1 saturated heterocycles. The standard InChI is InChI=1S/C13H16N4O4/c1-13(5-18)3-2-9(21-13)8-4-7(12(19)20)10-11(14)15-6-16-17(8)10/h4,6,9,18H,2-3,5H2,1H3,(H,19,20)(H2,14,15,16)/t9-,13+/m1/s1. The fourth-order valence-electron chi connectivity index (χ4n) is 2.71. The lowest BCUT2D eigenvalue weighted by Gasteiger charge is -2.21. The molecule has 0 unspecified atom stereocenters. The Hall–Kier alpha value is -2.19. The average molecular weight is 292 g/mol. The minimum Gasteiger partial charge on any atom is -0.478 e. The molecule has 0 spiro atoms. The molecule has 0 radical (unpaired) electrons. The number of ether oxygens (including phenoxy) is 1. The molecular weight excluding hydrogens is 276 g/mol. The van der Waals surface area contributed by atoms with E-state index in [-0.39, 0.29) is 29.6 Å². The van der Waals surface area contributed by atoms with E-state index in [9.17, 15) is 15.0 Å². The Kier molecular flexibility index (Phi) is 3.07. The van der Waals surface area contributed by atoms with Gasteiger partial charge in [0, 0.05) is 0 Å². The number of fused-ring (bicyclic) bond motifs is 1. The molecule has 3 heterocycles. The Morgan fingerprint density at radius 3 is 3.05 bits per heavy atom. The molecule has 2 aromatic rings. The van der Waals surface area contributed by atoms with Crippen LogP contribution in [0.5, 0.6) is 0 Å². The van der Waals surface area contributed by atoms with Crippen molar-refractivity contribution < 1.29 is 19.7 Å². The summed E-state index contributed by atoms with van der Waals surface area (Å²) in [7, 11) is 0. The molecule has 4 N–H and O–H groups in total. The van der Waals surface area contributed by atoms with Crippen molar-refractivity contribution in [3.05, 3.63) is 23.7 Å². The first kappa shape index (κ1) is 13.8. The van der Waals surface area contributed by atoms with Crippen LogP contribution in [-0.4, -0.2) is 43.0 Å². The molecule has 0 amide bonds. The maximum atomic E-state index is 11.4. The van der Waals surface area contributed by atoms with Gasteiger partial charge in [-0.2, -0.15) is 5.10 Å². The van der Waals surface area contributed by atoms with Crippen LogP contribution in [0.2, 0.25) is 0 Å². The highest BCUT2D eigenvalue weighted by Gasteiger charge is 2.38. The van der Waals surface area contributed by atoms with Gasteiger partial charge >= 0.3 is 5.97 Å². The van der Waals surface area contributed by atoms with Crippen molar-refractivity contribution >= 4 is 17.3 Å². The lowest BCUT2D eigenvalue weighted by molar-refractivity contribution is -0.0635. The van der Waals surface area contributed by atoms with Crippen molar-refractivity contribution in [2.45, 2.75) is 31.5 Å². The zero-order valence-corrected chi connectivity index (χ0v) is 11.5. The van der Waals surface area contributed by atoms with Crippen molar-refractivity contribution in [1.82, 2.24) is 14.6 Å². The number of nitrogen functional groups attached to an aromatic ring is 1. The van der Waals surface area contributed by atoms with Gasteiger partial charge in [0.05, 0.1) is 23.5 Å². The summed E-state index contributed by atoms with van der Waals surface area (Å²) in [4.78, 5) is 15.2. The molecule has 1 aliphatic heterocycles. The first-order valence-electron chi connectivity index (χ1n) is 6.59. The van der Waals surface area contributed by atoms with Crippen LogP contribution in [-0.2, 0) is 4.74 Å². The van der Waals surface area contributed by atoms with E-state index in [1.807, 2.05) is 6.92 Å². The molecule has 21 heavy (non-hydrogen) atoms. The van der Waals surface area contributed by atoms with E-state index in [2.05, 4.69) is 10.1 Å². The minimum atomic E-state index is -1.09. The van der Waals surface area contributed by atoms with Gasteiger partial charge in [0.1, 0.15) is 17.9 Å². The molecule has 1 aliphatic rings. The van der Waals surface area contributed by atoms with Crippen molar-refractivity contribution in [1.29, 1.82) is 0 Å². The van der Waals surface area contributed by atoms with E-state index in [1.54, 1.807) is 0 Å². The molecule has 0 bridgehead atoms. The van der Waals surface area contributed by atoms with Crippen molar-refractivity contribution in [2.75, 3.05) is 12.3 Å². The van der Waals surface area contributed by atoms with Crippen LogP contribution in [0.15, 0.2) is 12.4 Å². The summed E-state index contributed by atoms with van der Waals surface area (Å²) in [6.45, 7) is 1.74. The number of carboxylic acid groups (broad SMARTS) is 1. The van der Waals surface area contributed by atoms with Crippen LogP contribution in [0.3, 0.4) is 0 Å². The molecule has 2 aromatic heterocycles. The van der Waals surface area contributed by atoms with Gasteiger partial charge in [0.2, 0.25) is 0 Å². The largest absolute Gasteiger partial charge is 0.478 e. The number of anilines is 1. The maximum Gasteiger partial charge on any atom is 0.338 e. The highest BCUT2D eigenvalue weighted by Crippen LogP contribution is 2.40. The third-order valence-corrected chi connectivity index (χ3v) is 3.87. The summed E-state index contributed by atoms with van der Waals surface area (Å²) < 4.78 is 7.32. The second-order valence-corrected chi connectivity index (χ2v) is 5.45. The third kappa shape index (κ3) is 2.12. The van der Waals surface area contributed by atoms with Crippen LogP contribution in [0.1, 0.15) is 41.9 Å². The van der Waals surface area contributed by atoms with Crippen LogP contribution < -0.4 is 5.73 Å². The number of carbonyl (C=O) groups is 1. The zero-order valence-electron chi connectivity index (χ0n) is 11.5. The summed E-state index contributed by atoms with van der Waals surface area (Å²) in [6, 6.07) is 1.51. The number of aliphatic hydroxyl groups excluding tert-OH is 1. The normalized spacial score (nSPS) is 25.5. The number of nitrogens with two attached hydrogens (primary N) is 1. The second-order valence-electron chi connectivity index (χ2n) is 5.45. The lowest BCUT2D eigenvalue weighted by atomic mass is 10.0. The van der Waals surface area contributed by atoms with Gasteiger partial charge < -0.3 is 20.7 Å². The SMILES string of the molecule is C[C@@]1(CO)CC[C@H](c2cc(C(=O)O)c3c(N)ncnn23)O1. The number of aliphatic hydroxyl groups is 1. The predicted octanol–water partition coefficient (Wildman–Crippen LogP) is 0.612. The summed E-state index contributed by atoms with van der Waals surface area (Å²) in [5, 5.41) is 22.8. The lowest BCUT2D eigenvalue weighted by Crippen LogP contribution is -2.28. The second kappa shape index (κ2) is 4.68. The molecule has 1 fully saturated rings. The molecule has 8 heteroatoms. The van der Waals surface area contributed by atoms with Crippen LogP contribution in [0.25, 0.3) is 5.52 Å². The minimum absolute atomic E-state index is 0.0456. The number of rotatable bonds is 3. The maximum absolute atomic E-state index is 11.4. The summed E-state index contributed by atoms with van der Waals surface area (Å²) in [5.41, 5.74) is 6.07. The Morgan fingerprint density at radius 2 is 2.43 bits per heavy atom. The summed E-state index contributed by atoms with van der Waals surface area (Å²) in [5.74, 6) is -0.986. The van der Waals surface area contributed by atoms with E-state index in [0.29, 0.717) is 18.5 Å². The van der Waals surface area contributed by atoms with Gasteiger partial charge in [-0.3, -0.25) is 0 Å². The summed E-state index contributed by atoms with van der Waals surface area (Å²) in [6.07, 6.45) is 2.30. The van der Waals surface area contributed by atoms with E-state index in [0.717, 1.165) is 0 Å². The Morgan fingerprint density at radius 1 is 1.67 bits per heavy atom. The van der Waals surface area contributed by atoms with Crippen molar-refractivity contribution in [3.63, 3.8) is 0 Å². The van der Waals surface area contributed by atoms with Gasteiger partial charge in [0.25, 0.3) is 0 Å². The molecule has 0 aliphatic carbocycles. The highest BCUT2D eigenvalue weighted by molar-refractivity contribution is 5.99. The molecule has 112 valence electrons. The number of hydrogen-bond acceptors (Lipinski definition) is 6. The number of nitrogens with zero attached hydrogens (tertiary/aromatic N) is 3. The van der Waals surface area contributed by atoms with Crippen LogP contribution >= 0.6 is 0 Å². The van der Waals surface area contributed by atoms with Crippen molar-refractivity contribution in [3.8, 4) is 0 Å². The van der Waals surface area contributed by atoms with Gasteiger partial charge in [0.15, 0.2) is 5.82 Å². The van der Waals surface area contributed by atoms with E-state index in [1.165, 1.54) is 16.9 Å². The van der Waals surface area contributed by atoms with E-state index >= 15 is 0 Å². The first-order valence-corrected chi connectivity index (χ1v) is 6.59. The van der Waals surface area contributed by atoms with Gasteiger partial charge in [-0.1, -0.05) is 0 Å². The summed E-state index contributed by atoms with van der Waals surface area (Å²) >= 11 is 0. The predicted molar refractivity (Wildman–Crippen MR) is 72.9 cm³/mol. The third-order valence-electron chi connectivity index (χ3n) is 3.87. The molecule has 2 atom stereocenters. The molecule has 8 nitrogen and oxygen atoms in total. The molecule has 3 rings (SSSR count). The number of carboxylic acids is 1. The Balaban J connectivity index is 2.12. The number of aromatic carboxylic acids is 1. The molecule has 0 saturated carbocycles. The van der Waals surface area contributed by atoms with Gasteiger partial charge in [-0.15, -0.1) is 0 Å². The van der Waals surface area contributed by atoms with E-state index < -0.39 is 11.6 Å². The first-order chi connectivity index (χ1) is 9.95. The number of hydrogen-bond donors (Lipinski definition) is 3. The smallest absolute Gasteiger partial charge is 0.338 e. The highest BCUT2D eigenvalue weighted by atomic mass is 16.5. The fraction of sp³-hybridized carbons (Fsp3) is 0.462. The quantitative estimate of drug-likeness (QED) is 0.757. The molecular formula is C13H16N4O4. The Labute approximate surface area is 120 Å². The fourth-order valence-corrected chi connectivity index (χ4v) is 2.71. The van der Waals surface area contributed by atoms with E-state index in [4.69, 9.17) is 10.5 Å². The van der Waals surface area contributed by atoms with Gasteiger partial charge in [-0.05, 0) is 25.8 Å². The monoisotopic (exact) mass is 292 g/mol. The Bertz CT molecular complexity index is 714. The van der Waals surface area contributed by atoms with Crippen LogP contribution in [0, 0.1) is 0 Å². The topological polar surface area (TPSA) is 123 Å². The molecule has 0 aromatic carbocycles. The zero-order chi connectivity index (χ0) is 15.2. The van der Waals surface area contributed by atoms with Crippen molar-refractivity contribution in [2.24, 2.45) is 0 Å². The average Bonchev–Trinajstić information content (AvgIpc) is 3.01. The van der Waals surface area contributed by atoms with Gasteiger partial charge in [-0.25, -0.2) is 14.3 Å².